The zero-order valence-corrected chi connectivity index (χ0v) is 13.5. The summed E-state index contributed by atoms with van der Waals surface area (Å²) in [7, 11) is 0. The van der Waals surface area contributed by atoms with Crippen LogP contribution in [0.25, 0.3) is 0 Å². The molecule has 6 heteroatoms. The van der Waals surface area contributed by atoms with Crippen molar-refractivity contribution in [3.8, 4) is 0 Å². The molecule has 2 aliphatic heterocycles. The van der Waals surface area contributed by atoms with Gasteiger partial charge in [-0.1, -0.05) is 6.42 Å². The summed E-state index contributed by atoms with van der Waals surface area (Å²) in [5.74, 6) is 0. The van der Waals surface area contributed by atoms with Crippen LogP contribution in [0.15, 0.2) is 0 Å². The fourth-order valence-corrected chi connectivity index (χ4v) is 2.46. The largest absolute Gasteiger partial charge is 2.00 e. The quantitative estimate of drug-likeness (QED) is 0.422. The fourth-order valence-electron chi connectivity index (χ4n) is 2.46. The average Bonchev–Trinajstić information content (AvgIpc) is 2.21. The zero-order chi connectivity index (χ0) is 8.23. The molecule has 3 nitrogen and oxygen atoms in total. The van der Waals surface area contributed by atoms with Gasteiger partial charge in [0, 0.05) is 6.04 Å². The van der Waals surface area contributed by atoms with Gasteiger partial charge in [-0.15, -0.1) is 0 Å². The molecule has 0 unspecified atom stereocenters. The van der Waals surface area contributed by atoms with E-state index in [1.807, 2.05) is 0 Å². The number of nitrogens with one attached hydrogen (secondary N) is 1. The standard InChI is InChI=1S/C10H20N2.2ClH.H3N.Pt/c1-2-8-12(9-3-1)10-4-6-11-7-5-10;;;;/h10-11H,1-9H2;2*1H;1H3;/q;;;;+2/p-2. The first-order valence-electron chi connectivity index (χ1n) is 5.41. The van der Waals surface area contributed by atoms with Gasteiger partial charge in [-0.2, -0.15) is 0 Å². The molecule has 2 heterocycles. The molecule has 2 aliphatic rings. The number of hydrogen-bond donors (Lipinski definition) is 2. The van der Waals surface area contributed by atoms with E-state index < -0.39 is 0 Å². The van der Waals surface area contributed by atoms with E-state index in [4.69, 9.17) is 0 Å². The second-order valence-electron chi connectivity index (χ2n) is 4.08. The Morgan fingerprint density at radius 1 is 0.875 bits per heavy atom. The molecule has 0 aromatic carbocycles. The number of likely N-dealkylation sites (tertiary alicyclic amines) is 1. The molecule has 0 spiro atoms. The van der Waals surface area contributed by atoms with Gasteiger partial charge >= 0.3 is 21.1 Å². The van der Waals surface area contributed by atoms with Crippen molar-refractivity contribution in [2.45, 2.75) is 38.1 Å². The first kappa shape index (κ1) is 22.3. The second kappa shape index (κ2) is 12.6. The van der Waals surface area contributed by atoms with Gasteiger partial charge in [0.25, 0.3) is 0 Å². The Morgan fingerprint density at radius 2 is 1.38 bits per heavy atom. The Labute approximate surface area is 126 Å². The summed E-state index contributed by atoms with van der Waals surface area (Å²) in [5.41, 5.74) is 0. The van der Waals surface area contributed by atoms with Crippen LogP contribution in [0.2, 0.25) is 0 Å². The summed E-state index contributed by atoms with van der Waals surface area (Å²) >= 11 is 0. The summed E-state index contributed by atoms with van der Waals surface area (Å²) in [5, 5.41) is 3.43. The molecule has 0 bridgehead atoms. The van der Waals surface area contributed by atoms with Crippen LogP contribution in [0.5, 0.6) is 0 Å². The minimum absolute atomic E-state index is 0. The first-order valence-corrected chi connectivity index (χ1v) is 5.41. The van der Waals surface area contributed by atoms with Gasteiger partial charge in [0.2, 0.25) is 0 Å². The van der Waals surface area contributed by atoms with E-state index in [1.54, 1.807) is 0 Å². The summed E-state index contributed by atoms with van der Waals surface area (Å²) in [4.78, 5) is 2.71. The van der Waals surface area contributed by atoms with Gasteiger partial charge in [0.05, 0.1) is 0 Å². The Hall–Kier alpha value is 1.15. The van der Waals surface area contributed by atoms with Crippen molar-refractivity contribution >= 4 is 0 Å². The molecule has 16 heavy (non-hydrogen) atoms. The summed E-state index contributed by atoms with van der Waals surface area (Å²) in [6.45, 7) is 5.21. The Morgan fingerprint density at radius 3 is 1.88 bits per heavy atom. The van der Waals surface area contributed by atoms with Crippen LogP contribution in [0.4, 0.5) is 0 Å². The van der Waals surface area contributed by atoms with E-state index in [9.17, 15) is 0 Å². The van der Waals surface area contributed by atoms with Crippen LogP contribution < -0.4 is 36.3 Å². The molecule has 2 saturated heterocycles. The Balaban J connectivity index is -0.000000422. The summed E-state index contributed by atoms with van der Waals surface area (Å²) < 4.78 is 0. The van der Waals surface area contributed by atoms with Gasteiger partial charge in [0.15, 0.2) is 0 Å². The topological polar surface area (TPSA) is 50.3 Å². The maximum absolute atomic E-state index is 3.43. The van der Waals surface area contributed by atoms with Crippen LogP contribution in [0.3, 0.4) is 0 Å². The zero-order valence-electron chi connectivity index (χ0n) is 9.67. The predicted molar refractivity (Wildman–Crippen MR) is 56.3 cm³/mol. The van der Waals surface area contributed by atoms with Gasteiger partial charge in [-0.05, 0) is 51.9 Å². The molecule has 2 fully saturated rings. The van der Waals surface area contributed by atoms with E-state index in [2.05, 4.69) is 10.2 Å². The number of hydrogen-bond acceptors (Lipinski definition) is 3. The number of halogens is 2. The van der Waals surface area contributed by atoms with E-state index in [1.165, 1.54) is 58.3 Å². The first-order chi connectivity index (χ1) is 5.97. The molecule has 0 aliphatic carbocycles. The van der Waals surface area contributed by atoms with Crippen molar-refractivity contribution in [3.05, 3.63) is 0 Å². The minimum atomic E-state index is 0. The minimum Gasteiger partial charge on any atom is -1.00 e. The van der Waals surface area contributed by atoms with Gasteiger partial charge in [-0.25, -0.2) is 0 Å². The molecule has 0 aromatic heterocycles. The van der Waals surface area contributed by atoms with Crippen LogP contribution in [-0.2, 0) is 21.1 Å². The van der Waals surface area contributed by atoms with Crippen LogP contribution in [0, 0.1) is 0 Å². The number of rotatable bonds is 1. The molecule has 0 amide bonds. The van der Waals surface area contributed by atoms with Gasteiger partial charge in [-0.3, -0.25) is 0 Å². The van der Waals surface area contributed by atoms with Crippen LogP contribution in [-0.4, -0.2) is 37.1 Å². The van der Waals surface area contributed by atoms with Crippen LogP contribution >= 0.6 is 0 Å². The van der Waals surface area contributed by atoms with Gasteiger partial charge < -0.3 is 41.2 Å². The molecule has 2 rings (SSSR count). The molecular weight excluding hydrogens is 428 g/mol. The van der Waals surface area contributed by atoms with Crippen molar-refractivity contribution < 1.29 is 45.9 Å². The molecule has 0 radical (unpaired) electrons. The van der Waals surface area contributed by atoms with Crippen LogP contribution in [0.1, 0.15) is 32.1 Å². The number of nitrogens with zero attached hydrogens (tertiary/aromatic N) is 1. The van der Waals surface area contributed by atoms with Crippen molar-refractivity contribution in [2.75, 3.05) is 26.2 Å². The molecule has 4 N–H and O–H groups in total. The van der Waals surface area contributed by atoms with Gasteiger partial charge in [0.1, 0.15) is 0 Å². The fraction of sp³-hybridized carbons (Fsp3) is 1.00. The third-order valence-electron chi connectivity index (χ3n) is 3.22. The Bertz CT molecular complexity index is 124. The second-order valence-corrected chi connectivity index (χ2v) is 4.08. The average molecular weight is 451 g/mol. The van der Waals surface area contributed by atoms with Crippen molar-refractivity contribution in [1.29, 1.82) is 0 Å². The third-order valence-corrected chi connectivity index (χ3v) is 3.22. The van der Waals surface area contributed by atoms with Crippen molar-refractivity contribution in [3.63, 3.8) is 0 Å². The maximum atomic E-state index is 3.43. The Kier molecular flexibility index (Phi) is 17.6. The third kappa shape index (κ3) is 6.78. The molecule has 102 valence electrons. The SMILES string of the molecule is C1CCN(C2CCNCC2)CC1.N.[Cl-].[Cl-].[Pt+2]. The molecule has 0 aromatic rings. The van der Waals surface area contributed by atoms with Crippen molar-refractivity contribution in [2.24, 2.45) is 0 Å². The van der Waals surface area contributed by atoms with E-state index in [0.717, 1.165) is 6.04 Å². The smallest absolute Gasteiger partial charge is 1.00 e. The summed E-state index contributed by atoms with van der Waals surface area (Å²) in [6.07, 6.45) is 7.08. The molecule has 0 atom stereocenters. The normalized spacial score (nSPS) is 21.8. The van der Waals surface area contributed by atoms with E-state index in [0.29, 0.717) is 0 Å². The molecular formula is C10H23Cl2N3Pt. The summed E-state index contributed by atoms with van der Waals surface area (Å²) in [6, 6.07) is 0.909. The maximum Gasteiger partial charge on any atom is 2.00 e. The van der Waals surface area contributed by atoms with Crippen molar-refractivity contribution in [1.82, 2.24) is 16.4 Å². The van der Waals surface area contributed by atoms with E-state index in [-0.39, 0.29) is 52.0 Å². The number of piperidine rings is 2. The monoisotopic (exact) mass is 450 g/mol. The predicted octanol–water partition coefficient (Wildman–Crippen LogP) is -4.61. The van der Waals surface area contributed by atoms with E-state index >= 15 is 0 Å². The molecule has 0 saturated carbocycles.